The van der Waals surface area contributed by atoms with E-state index in [0.717, 1.165) is 48.2 Å². The lowest BCUT2D eigenvalue weighted by Gasteiger charge is -2.32. The highest BCUT2D eigenvalue weighted by Crippen LogP contribution is 2.32. The molecule has 1 aromatic heterocycles. The minimum absolute atomic E-state index is 0.00833. The number of fused-ring (bicyclic) bond motifs is 3. The molecule has 1 saturated carbocycles. The molecule has 1 unspecified atom stereocenters. The van der Waals surface area contributed by atoms with Crippen molar-refractivity contribution in [2.24, 2.45) is 0 Å². The van der Waals surface area contributed by atoms with Crippen LogP contribution in [0.15, 0.2) is 54.7 Å². The Morgan fingerprint density at radius 2 is 1.87 bits per heavy atom. The number of pyridine rings is 1. The van der Waals surface area contributed by atoms with E-state index >= 15 is 0 Å². The number of nitrogens with two attached hydrogens (primary N) is 1. The predicted molar refractivity (Wildman–Crippen MR) is 181 cm³/mol. The topological polar surface area (TPSA) is 142 Å². The second kappa shape index (κ2) is 14.5. The summed E-state index contributed by atoms with van der Waals surface area (Å²) in [6, 6.07) is 13.2. The lowest BCUT2D eigenvalue weighted by atomic mass is 9.89. The molecule has 6 N–H and O–H groups in total. The zero-order chi connectivity index (χ0) is 31.9. The van der Waals surface area contributed by atoms with Crippen LogP contribution in [0.3, 0.4) is 0 Å². The molecule has 236 valence electrons. The van der Waals surface area contributed by atoms with E-state index < -0.39 is 0 Å². The lowest BCUT2D eigenvalue weighted by molar-refractivity contribution is -0.123. The predicted octanol–water partition coefficient (Wildman–Crippen LogP) is 6.43. The van der Waals surface area contributed by atoms with Crippen LogP contribution in [0.1, 0.15) is 96.5 Å². The first kappa shape index (κ1) is 31.9. The van der Waals surface area contributed by atoms with Crippen molar-refractivity contribution < 1.29 is 14.3 Å². The highest BCUT2D eigenvalue weighted by Gasteiger charge is 2.26. The molecule has 2 heterocycles. The Morgan fingerprint density at radius 3 is 2.64 bits per heavy atom. The Balaban J connectivity index is 1.44. The molecule has 0 radical (unpaired) electrons. The van der Waals surface area contributed by atoms with E-state index in [-0.39, 0.29) is 35.4 Å². The fraction of sp³-hybridized carbons (Fsp3) is 0.389. The number of carbonyl (C=O) groups excluding carboxylic acids is 2. The van der Waals surface area contributed by atoms with E-state index in [0.29, 0.717) is 48.7 Å². The third-order valence-corrected chi connectivity index (χ3v) is 8.54. The quantitative estimate of drug-likeness (QED) is 0.211. The number of benzene rings is 2. The molecular weight excluding hydrogens is 564 g/mol. The van der Waals surface area contributed by atoms with E-state index in [9.17, 15) is 15.0 Å². The maximum atomic E-state index is 13.3. The molecular formula is C36H44N6O3. The molecule has 2 amide bonds. The van der Waals surface area contributed by atoms with E-state index in [2.05, 4.69) is 40.8 Å². The summed E-state index contributed by atoms with van der Waals surface area (Å²) in [6.45, 7) is 7.24. The number of aryl methyl sites for hydroxylation is 1. The molecule has 2 atom stereocenters. The summed E-state index contributed by atoms with van der Waals surface area (Å²) in [7, 11) is 0. The van der Waals surface area contributed by atoms with Gasteiger partial charge in [-0.25, -0.2) is 4.98 Å². The Hall–Kier alpha value is -4.50. The molecule has 1 aliphatic carbocycles. The molecule has 2 bridgehead atoms. The highest BCUT2D eigenvalue weighted by molar-refractivity contribution is 6.18. The van der Waals surface area contributed by atoms with Crippen LogP contribution < -0.4 is 21.7 Å². The highest BCUT2D eigenvalue weighted by atomic mass is 16.5. The fourth-order valence-corrected chi connectivity index (χ4v) is 6.22. The minimum Gasteiger partial charge on any atom is -0.383 e. The second-order valence-corrected chi connectivity index (χ2v) is 12.3. The van der Waals surface area contributed by atoms with Gasteiger partial charge in [-0.05, 0) is 80.3 Å². The monoisotopic (exact) mass is 608 g/mol. The van der Waals surface area contributed by atoms with E-state index in [1.165, 1.54) is 5.56 Å². The lowest BCUT2D eigenvalue weighted by Crippen LogP contribution is -2.42. The summed E-state index contributed by atoms with van der Waals surface area (Å²) in [4.78, 5) is 30.3. The van der Waals surface area contributed by atoms with Gasteiger partial charge in [0.2, 0.25) is 5.91 Å². The van der Waals surface area contributed by atoms with Crippen LogP contribution >= 0.6 is 0 Å². The van der Waals surface area contributed by atoms with Crippen LogP contribution in [0.2, 0.25) is 0 Å². The summed E-state index contributed by atoms with van der Waals surface area (Å²) >= 11 is 0. The summed E-state index contributed by atoms with van der Waals surface area (Å²) in [5.74, 6) is 0.390. The number of nitrogens with zero attached hydrogens (tertiary/aromatic N) is 1. The summed E-state index contributed by atoms with van der Waals surface area (Å²) in [5, 5.41) is 19.2. The third-order valence-electron chi connectivity index (χ3n) is 8.54. The average Bonchev–Trinajstić information content (AvgIpc) is 3.01. The number of hydrogen-bond donors (Lipinski definition) is 5. The Labute approximate surface area is 265 Å². The number of rotatable bonds is 5. The first-order chi connectivity index (χ1) is 21.7. The maximum absolute atomic E-state index is 13.3. The maximum Gasteiger partial charge on any atom is 0.255 e. The van der Waals surface area contributed by atoms with Gasteiger partial charge in [0.05, 0.1) is 30.2 Å². The molecule has 2 aromatic carbocycles. The van der Waals surface area contributed by atoms with Crippen LogP contribution in [-0.2, 0) is 9.53 Å². The number of hydrogen-bond acceptors (Lipinski definition) is 7. The number of nitrogens with one attached hydrogen (secondary N) is 4. The van der Waals surface area contributed by atoms with Crippen LogP contribution in [0.4, 0.5) is 17.2 Å². The van der Waals surface area contributed by atoms with Crippen molar-refractivity contribution in [1.82, 2.24) is 10.3 Å². The molecule has 3 aromatic rings. The molecule has 0 spiro atoms. The van der Waals surface area contributed by atoms with Crippen LogP contribution in [0.25, 0.3) is 6.08 Å². The normalized spacial score (nSPS) is 19.7. The molecule has 0 saturated heterocycles. The standard InChI is InChI=1S/C36H44N6O3/c1-22(2)30-14-13-29(18-23(30)3)42-36(44)25-10-6-9-24(19-25)33(37)32-34-26(21-39-35(32)38)8-4-5-16-45-17-15-31(43)40-27-11-7-12-28(20-27)41-34/h4,6,8-10,13-14,18-19,21-22,27-28,37,41H,5,7,11-12,15-17,20H2,1-3H3,(H2,38,39)(H,40,43)(H,42,44)/b8-4+,37-33?/t27?,28-/m1/s1. The zero-order valence-corrected chi connectivity index (χ0v) is 26.4. The third kappa shape index (κ3) is 7.97. The molecule has 1 aliphatic heterocycles. The smallest absolute Gasteiger partial charge is 0.255 e. The van der Waals surface area contributed by atoms with Gasteiger partial charge in [-0.1, -0.05) is 44.2 Å². The number of nitrogen functional groups attached to an aromatic ring is 1. The largest absolute Gasteiger partial charge is 0.383 e. The second-order valence-electron chi connectivity index (χ2n) is 12.3. The minimum atomic E-state index is -0.252. The van der Waals surface area contributed by atoms with Crippen molar-refractivity contribution in [2.75, 3.05) is 29.6 Å². The van der Waals surface area contributed by atoms with E-state index in [4.69, 9.17) is 10.5 Å². The van der Waals surface area contributed by atoms with Crippen molar-refractivity contribution in [3.63, 3.8) is 0 Å². The van der Waals surface area contributed by atoms with Gasteiger partial charge in [0, 0.05) is 47.1 Å². The van der Waals surface area contributed by atoms with Crippen LogP contribution in [-0.4, -0.2) is 47.8 Å². The van der Waals surface area contributed by atoms with Gasteiger partial charge in [0.15, 0.2) is 0 Å². The number of anilines is 3. The number of aromatic nitrogens is 1. The molecule has 2 aliphatic rings. The molecule has 9 nitrogen and oxygen atoms in total. The molecule has 1 fully saturated rings. The van der Waals surface area contributed by atoms with Gasteiger partial charge >= 0.3 is 0 Å². The first-order valence-corrected chi connectivity index (χ1v) is 15.9. The Bertz CT molecular complexity index is 1600. The van der Waals surface area contributed by atoms with E-state index in [1.54, 1.807) is 24.4 Å². The van der Waals surface area contributed by atoms with Gasteiger partial charge in [-0.15, -0.1) is 0 Å². The summed E-state index contributed by atoms with van der Waals surface area (Å²) in [6.07, 6.45) is 10.3. The van der Waals surface area contributed by atoms with E-state index in [1.807, 2.05) is 37.3 Å². The number of ether oxygens (including phenoxy) is 1. The van der Waals surface area contributed by atoms with Gasteiger partial charge in [0.25, 0.3) is 5.91 Å². The molecule has 9 heteroatoms. The number of amides is 2. The summed E-state index contributed by atoms with van der Waals surface area (Å²) in [5.41, 5.74) is 12.8. The van der Waals surface area contributed by atoms with Crippen LogP contribution in [0, 0.1) is 12.3 Å². The zero-order valence-electron chi connectivity index (χ0n) is 26.4. The molecule has 45 heavy (non-hydrogen) atoms. The molecule has 5 rings (SSSR count). The van der Waals surface area contributed by atoms with Gasteiger partial charge < -0.3 is 26.4 Å². The van der Waals surface area contributed by atoms with Crippen molar-refractivity contribution >= 4 is 40.8 Å². The van der Waals surface area contributed by atoms with Crippen molar-refractivity contribution in [1.29, 1.82) is 5.41 Å². The first-order valence-electron chi connectivity index (χ1n) is 15.9. The fourth-order valence-electron chi connectivity index (χ4n) is 6.22. The van der Waals surface area contributed by atoms with Gasteiger partial charge in [-0.2, -0.15) is 0 Å². The van der Waals surface area contributed by atoms with Crippen molar-refractivity contribution in [2.45, 2.75) is 77.3 Å². The van der Waals surface area contributed by atoms with Crippen LogP contribution in [0.5, 0.6) is 0 Å². The summed E-state index contributed by atoms with van der Waals surface area (Å²) < 4.78 is 5.67. The van der Waals surface area contributed by atoms with Gasteiger partial charge in [-0.3, -0.25) is 15.0 Å². The Kier molecular flexibility index (Phi) is 10.3. The average molecular weight is 609 g/mol. The van der Waals surface area contributed by atoms with Crippen molar-refractivity contribution in [3.8, 4) is 0 Å². The van der Waals surface area contributed by atoms with Crippen molar-refractivity contribution in [3.05, 3.63) is 88.1 Å². The number of carbonyl (C=O) groups is 2. The SMILES string of the molecule is Cc1cc(NC(=O)c2cccc(C(=N)c3c(N)ncc4c3N[C@@H]3CCCC(C3)NC(=O)CCOCC/C=C/4)c2)ccc1C(C)C. The Morgan fingerprint density at radius 1 is 1.09 bits per heavy atom. The van der Waals surface area contributed by atoms with Gasteiger partial charge in [0.1, 0.15) is 5.82 Å².